The van der Waals surface area contributed by atoms with Crippen molar-refractivity contribution >= 4 is 0 Å². The zero-order chi connectivity index (χ0) is 9.78. The van der Waals surface area contributed by atoms with Crippen molar-refractivity contribution in [3.63, 3.8) is 0 Å². The van der Waals surface area contributed by atoms with Gasteiger partial charge in [0, 0.05) is 0 Å². The number of hydrogen-bond donors (Lipinski definition) is 0. The summed E-state index contributed by atoms with van der Waals surface area (Å²) in [5.41, 5.74) is 0. The predicted octanol–water partition coefficient (Wildman–Crippen LogP) is 2.13. The van der Waals surface area contributed by atoms with E-state index < -0.39 is 0 Å². The van der Waals surface area contributed by atoms with Gasteiger partial charge in [-0.15, -0.1) is 6.42 Å². The van der Waals surface area contributed by atoms with Gasteiger partial charge in [-0.1, -0.05) is 12.8 Å². The SMILES string of the molecule is C#CC(C)C(C)[N+](C)(C)CCC. The Morgan fingerprint density at radius 1 is 1.33 bits per heavy atom. The monoisotopic (exact) mass is 168 g/mol. The number of terminal acetylenes is 1. The molecule has 2 unspecified atom stereocenters. The highest BCUT2D eigenvalue weighted by Crippen LogP contribution is 2.15. The van der Waals surface area contributed by atoms with Gasteiger partial charge in [0.15, 0.2) is 0 Å². The van der Waals surface area contributed by atoms with Crippen molar-refractivity contribution < 1.29 is 4.48 Å². The van der Waals surface area contributed by atoms with E-state index in [1.54, 1.807) is 0 Å². The fourth-order valence-corrected chi connectivity index (χ4v) is 1.52. The van der Waals surface area contributed by atoms with Crippen LogP contribution in [-0.4, -0.2) is 31.2 Å². The number of hydrogen-bond acceptors (Lipinski definition) is 0. The molecule has 2 atom stereocenters. The van der Waals surface area contributed by atoms with E-state index in [1.807, 2.05) is 0 Å². The lowest BCUT2D eigenvalue weighted by molar-refractivity contribution is -0.915. The van der Waals surface area contributed by atoms with E-state index in [2.05, 4.69) is 40.8 Å². The van der Waals surface area contributed by atoms with Gasteiger partial charge in [-0.2, -0.15) is 0 Å². The first-order chi connectivity index (χ1) is 5.45. The average molecular weight is 168 g/mol. The molecule has 0 saturated heterocycles. The summed E-state index contributed by atoms with van der Waals surface area (Å²) >= 11 is 0. The summed E-state index contributed by atoms with van der Waals surface area (Å²) in [6.07, 6.45) is 6.62. The van der Waals surface area contributed by atoms with E-state index in [9.17, 15) is 0 Å². The lowest BCUT2D eigenvalue weighted by Crippen LogP contribution is -2.50. The van der Waals surface area contributed by atoms with Gasteiger partial charge >= 0.3 is 0 Å². The molecule has 1 nitrogen and oxygen atoms in total. The summed E-state index contributed by atoms with van der Waals surface area (Å²) in [6, 6.07) is 0.551. The van der Waals surface area contributed by atoms with Crippen molar-refractivity contribution in [2.75, 3.05) is 20.6 Å². The Balaban J connectivity index is 4.25. The Hall–Kier alpha value is -0.480. The highest BCUT2D eigenvalue weighted by molar-refractivity contribution is 4.93. The van der Waals surface area contributed by atoms with Crippen LogP contribution in [0.4, 0.5) is 0 Å². The smallest absolute Gasteiger partial charge is 0.0994 e. The fourth-order valence-electron chi connectivity index (χ4n) is 1.52. The molecule has 0 saturated carbocycles. The molecular formula is C11H22N+. The first-order valence-corrected chi connectivity index (χ1v) is 4.74. The molecule has 1 heteroatoms. The molecule has 0 heterocycles. The second-order valence-electron chi connectivity index (χ2n) is 4.20. The Morgan fingerprint density at radius 3 is 2.17 bits per heavy atom. The van der Waals surface area contributed by atoms with Gasteiger partial charge < -0.3 is 4.48 Å². The molecule has 0 aliphatic rings. The topological polar surface area (TPSA) is 0 Å². The Kier molecular flexibility index (Phi) is 4.34. The van der Waals surface area contributed by atoms with Crippen molar-refractivity contribution in [3.05, 3.63) is 0 Å². The van der Waals surface area contributed by atoms with Crippen LogP contribution in [0.3, 0.4) is 0 Å². The average Bonchev–Trinajstić information content (AvgIpc) is 2.01. The lowest BCUT2D eigenvalue weighted by atomic mass is 10.0. The third kappa shape index (κ3) is 2.87. The summed E-state index contributed by atoms with van der Waals surface area (Å²) in [5, 5.41) is 0. The number of nitrogens with zero attached hydrogens (tertiary/aromatic N) is 1. The van der Waals surface area contributed by atoms with Gasteiger partial charge in [-0.3, -0.25) is 0 Å². The van der Waals surface area contributed by atoms with E-state index in [-0.39, 0.29) is 0 Å². The summed E-state index contributed by atoms with van der Waals surface area (Å²) in [7, 11) is 4.50. The maximum absolute atomic E-state index is 5.41. The molecule has 70 valence electrons. The third-order valence-corrected chi connectivity index (χ3v) is 2.89. The molecule has 0 N–H and O–H groups in total. The second-order valence-corrected chi connectivity index (χ2v) is 4.20. The van der Waals surface area contributed by atoms with E-state index in [4.69, 9.17) is 6.42 Å². The molecule has 0 amide bonds. The maximum Gasteiger partial charge on any atom is 0.0994 e. The molecule has 0 aromatic rings. The highest BCUT2D eigenvalue weighted by Gasteiger charge is 2.26. The van der Waals surface area contributed by atoms with Crippen molar-refractivity contribution in [3.8, 4) is 12.3 Å². The Labute approximate surface area is 77.4 Å². The molecule has 0 rings (SSSR count). The van der Waals surface area contributed by atoms with Gasteiger partial charge in [0.05, 0.1) is 32.6 Å². The summed E-state index contributed by atoms with van der Waals surface area (Å²) in [5.74, 6) is 3.18. The standard InChI is InChI=1S/C11H22N/c1-7-9-12(5,6)11(4)10(3)8-2/h2,10-11H,7,9H2,1,3-6H3/q+1. The maximum atomic E-state index is 5.41. The fraction of sp³-hybridized carbons (Fsp3) is 0.818. The van der Waals surface area contributed by atoms with Crippen molar-refractivity contribution in [2.45, 2.75) is 33.2 Å². The number of quaternary nitrogens is 1. The zero-order valence-corrected chi connectivity index (χ0v) is 9.09. The van der Waals surface area contributed by atoms with Crippen LogP contribution in [0, 0.1) is 18.3 Å². The van der Waals surface area contributed by atoms with Crippen LogP contribution >= 0.6 is 0 Å². The van der Waals surface area contributed by atoms with Crippen LogP contribution in [-0.2, 0) is 0 Å². The van der Waals surface area contributed by atoms with Crippen LogP contribution < -0.4 is 0 Å². The van der Waals surface area contributed by atoms with Crippen molar-refractivity contribution in [2.24, 2.45) is 5.92 Å². The molecule has 12 heavy (non-hydrogen) atoms. The van der Waals surface area contributed by atoms with E-state index in [0.717, 1.165) is 4.48 Å². The first kappa shape index (κ1) is 11.5. The van der Waals surface area contributed by atoms with Gasteiger partial charge in [0.2, 0.25) is 0 Å². The summed E-state index contributed by atoms with van der Waals surface area (Å²) < 4.78 is 1.03. The van der Waals surface area contributed by atoms with Crippen LogP contribution in [0.15, 0.2) is 0 Å². The quantitative estimate of drug-likeness (QED) is 0.445. The van der Waals surface area contributed by atoms with Crippen molar-refractivity contribution in [1.29, 1.82) is 0 Å². The molecular weight excluding hydrogens is 146 g/mol. The Bertz CT molecular complexity index is 164. The van der Waals surface area contributed by atoms with Crippen LogP contribution in [0.25, 0.3) is 0 Å². The normalized spacial score (nSPS) is 16.7. The zero-order valence-electron chi connectivity index (χ0n) is 9.09. The summed E-state index contributed by atoms with van der Waals surface area (Å²) in [6.45, 7) is 7.78. The third-order valence-electron chi connectivity index (χ3n) is 2.89. The molecule has 0 aliphatic carbocycles. The van der Waals surface area contributed by atoms with Gasteiger partial charge in [-0.25, -0.2) is 0 Å². The molecule has 0 radical (unpaired) electrons. The van der Waals surface area contributed by atoms with Crippen molar-refractivity contribution in [1.82, 2.24) is 0 Å². The molecule has 0 spiro atoms. The second kappa shape index (κ2) is 4.52. The van der Waals surface area contributed by atoms with Crippen LogP contribution in [0.5, 0.6) is 0 Å². The molecule has 0 fully saturated rings. The van der Waals surface area contributed by atoms with Gasteiger partial charge in [-0.05, 0) is 20.3 Å². The van der Waals surface area contributed by atoms with Gasteiger partial charge in [0.1, 0.15) is 0 Å². The minimum Gasteiger partial charge on any atom is -0.325 e. The van der Waals surface area contributed by atoms with Crippen LogP contribution in [0.2, 0.25) is 0 Å². The van der Waals surface area contributed by atoms with E-state index in [1.165, 1.54) is 13.0 Å². The molecule has 0 aromatic heterocycles. The first-order valence-electron chi connectivity index (χ1n) is 4.74. The highest BCUT2D eigenvalue weighted by atomic mass is 15.3. The summed E-state index contributed by atoms with van der Waals surface area (Å²) in [4.78, 5) is 0. The van der Waals surface area contributed by atoms with Crippen LogP contribution in [0.1, 0.15) is 27.2 Å². The number of rotatable bonds is 4. The van der Waals surface area contributed by atoms with Gasteiger partial charge in [0.25, 0.3) is 0 Å². The van der Waals surface area contributed by atoms with E-state index >= 15 is 0 Å². The minimum absolute atomic E-state index is 0.367. The molecule has 0 aliphatic heterocycles. The predicted molar refractivity (Wildman–Crippen MR) is 54.7 cm³/mol. The Morgan fingerprint density at radius 2 is 1.83 bits per heavy atom. The van der Waals surface area contributed by atoms with E-state index in [0.29, 0.717) is 12.0 Å². The minimum atomic E-state index is 0.367. The molecule has 0 bridgehead atoms. The largest absolute Gasteiger partial charge is 0.325 e. The molecule has 0 aromatic carbocycles. The lowest BCUT2D eigenvalue weighted by Gasteiger charge is -2.37.